The van der Waals surface area contributed by atoms with Crippen molar-refractivity contribution < 1.29 is 9.84 Å². The zero-order chi connectivity index (χ0) is 12.0. The van der Waals surface area contributed by atoms with E-state index >= 15 is 0 Å². The van der Waals surface area contributed by atoms with E-state index in [0.29, 0.717) is 13.0 Å². The van der Waals surface area contributed by atoms with E-state index < -0.39 is 0 Å². The van der Waals surface area contributed by atoms with Crippen LogP contribution in [0.4, 0.5) is 5.69 Å². The summed E-state index contributed by atoms with van der Waals surface area (Å²) in [7, 11) is 3.97. The van der Waals surface area contributed by atoms with Gasteiger partial charge in [0, 0.05) is 31.9 Å². The van der Waals surface area contributed by atoms with Gasteiger partial charge in [0.05, 0.1) is 13.2 Å². The molecule has 90 valence electrons. The highest BCUT2D eigenvalue weighted by Gasteiger charge is 2.02. The Hall–Kier alpha value is -1.26. The molecule has 4 heteroatoms. The van der Waals surface area contributed by atoms with Crippen molar-refractivity contribution in [3.63, 3.8) is 0 Å². The van der Waals surface area contributed by atoms with Gasteiger partial charge in [-0.25, -0.2) is 0 Å². The van der Waals surface area contributed by atoms with Crippen LogP contribution < -0.4 is 15.4 Å². The summed E-state index contributed by atoms with van der Waals surface area (Å²) in [6, 6.07) is 7.67. The molecule has 1 aromatic carbocycles. The van der Waals surface area contributed by atoms with Gasteiger partial charge >= 0.3 is 0 Å². The van der Waals surface area contributed by atoms with Crippen LogP contribution in [0, 0.1) is 0 Å². The molecule has 0 saturated heterocycles. The van der Waals surface area contributed by atoms with Gasteiger partial charge in [-0.1, -0.05) is 6.07 Å². The summed E-state index contributed by atoms with van der Waals surface area (Å²) in [4.78, 5) is 2.02. The lowest BCUT2D eigenvalue weighted by Crippen LogP contribution is -2.26. The van der Waals surface area contributed by atoms with Crippen LogP contribution in [0.5, 0.6) is 5.75 Å². The summed E-state index contributed by atoms with van der Waals surface area (Å²) in [5.74, 6) is 0.830. The van der Waals surface area contributed by atoms with Crippen molar-refractivity contribution >= 4 is 5.69 Å². The molecule has 1 unspecified atom stereocenters. The summed E-state index contributed by atoms with van der Waals surface area (Å²) >= 11 is 0. The molecule has 0 bridgehead atoms. The Balaban J connectivity index is 2.45. The van der Waals surface area contributed by atoms with E-state index in [-0.39, 0.29) is 12.6 Å². The van der Waals surface area contributed by atoms with Gasteiger partial charge in [-0.05, 0) is 18.6 Å². The summed E-state index contributed by atoms with van der Waals surface area (Å²) < 4.78 is 5.55. The number of nitrogens with zero attached hydrogens (tertiary/aromatic N) is 1. The number of rotatable bonds is 6. The lowest BCUT2D eigenvalue weighted by atomic mass is 10.2. The van der Waals surface area contributed by atoms with Gasteiger partial charge in [0.1, 0.15) is 5.75 Å². The second kappa shape index (κ2) is 6.35. The molecular weight excluding hydrogens is 204 g/mol. The van der Waals surface area contributed by atoms with E-state index in [0.717, 1.165) is 11.4 Å². The predicted molar refractivity (Wildman–Crippen MR) is 65.9 cm³/mol. The Morgan fingerprint density at radius 2 is 2.19 bits per heavy atom. The maximum atomic E-state index is 8.76. The van der Waals surface area contributed by atoms with Crippen molar-refractivity contribution in [1.82, 2.24) is 0 Å². The third-order valence-corrected chi connectivity index (χ3v) is 2.33. The molecule has 1 atom stereocenters. The highest BCUT2D eigenvalue weighted by atomic mass is 16.5. The standard InChI is InChI=1S/C12H20N2O2/c1-14(2)11-4-3-5-12(8-11)16-7-6-10(13)9-15/h3-5,8,10,15H,6-7,9,13H2,1-2H3. The van der Waals surface area contributed by atoms with Crippen LogP contribution in [0.25, 0.3) is 0 Å². The van der Waals surface area contributed by atoms with Crippen molar-refractivity contribution in [2.24, 2.45) is 5.73 Å². The molecule has 4 nitrogen and oxygen atoms in total. The van der Waals surface area contributed by atoms with Crippen molar-refractivity contribution in [3.8, 4) is 5.75 Å². The number of anilines is 1. The summed E-state index contributed by atoms with van der Waals surface area (Å²) in [6.07, 6.45) is 0.655. The van der Waals surface area contributed by atoms with Crippen molar-refractivity contribution in [2.75, 3.05) is 32.2 Å². The molecule has 0 aliphatic carbocycles. The fourth-order valence-corrected chi connectivity index (χ4v) is 1.27. The summed E-state index contributed by atoms with van der Waals surface area (Å²) in [5.41, 5.74) is 6.68. The first-order chi connectivity index (χ1) is 7.63. The van der Waals surface area contributed by atoms with E-state index in [4.69, 9.17) is 15.6 Å². The van der Waals surface area contributed by atoms with Gasteiger partial charge in [-0.3, -0.25) is 0 Å². The minimum atomic E-state index is -0.197. The number of nitrogens with two attached hydrogens (primary N) is 1. The van der Waals surface area contributed by atoms with Crippen LogP contribution >= 0.6 is 0 Å². The van der Waals surface area contributed by atoms with Crippen molar-refractivity contribution in [1.29, 1.82) is 0 Å². The third-order valence-electron chi connectivity index (χ3n) is 2.33. The first-order valence-corrected chi connectivity index (χ1v) is 5.40. The summed E-state index contributed by atoms with van der Waals surface area (Å²) in [5, 5.41) is 8.76. The largest absolute Gasteiger partial charge is 0.493 e. The van der Waals surface area contributed by atoms with Crippen LogP contribution in [-0.2, 0) is 0 Å². The fraction of sp³-hybridized carbons (Fsp3) is 0.500. The normalized spacial score (nSPS) is 12.2. The van der Waals surface area contributed by atoms with Gasteiger partial charge in [0.15, 0.2) is 0 Å². The molecule has 0 heterocycles. The summed E-state index contributed by atoms with van der Waals surface area (Å²) in [6.45, 7) is 0.527. The molecule has 0 saturated carbocycles. The highest BCUT2D eigenvalue weighted by molar-refractivity contribution is 5.49. The minimum absolute atomic E-state index is 0.00109. The van der Waals surface area contributed by atoms with E-state index in [1.165, 1.54) is 0 Å². The zero-order valence-electron chi connectivity index (χ0n) is 9.89. The lowest BCUT2D eigenvalue weighted by molar-refractivity contribution is 0.230. The quantitative estimate of drug-likeness (QED) is 0.752. The maximum Gasteiger partial charge on any atom is 0.121 e. The molecule has 16 heavy (non-hydrogen) atoms. The average Bonchev–Trinajstić information content (AvgIpc) is 2.29. The molecule has 3 N–H and O–H groups in total. The third kappa shape index (κ3) is 4.08. The molecular formula is C12H20N2O2. The van der Waals surface area contributed by atoms with E-state index in [1.54, 1.807) is 0 Å². The molecule has 0 aromatic heterocycles. The van der Waals surface area contributed by atoms with E-state index in [1.807, 2.05) is 43.3 Å². The van der Waals surface area contributed by atoms with E-state index in [9.17, 15) is 0 Å². The van der Waals surface area contributed by atoms with Gasteiger partial charge in [-0.15, -0.1) is 0 Å². The number of hydrogen-bond donors (Lipinski definition) is 2. The molecule has 0 aliphatic rings. The Labute approximate surface area is 96.6 Å². The monoisotopic (exact) mass is 224 g/mol. The van der Waals surface area contributed by atoms with E-state index in [2.05, 4.69) is 0 Å². The van der Waals surface area contributed by atoms with Gasteiger partial charge < -0.3 is 20.5 Å². The Bertz CT molecular complexity index is 316. The van der Waals surface area contributed by atoms with Gasteiger partial charge in [0.2, 0.25) is 0 Å². The molecule has 1 aromatic rings. The zero-order valence-corrected chi connectivity index (χ0v) is 9.89. The second-order valence-corrected chi connectivity index (χ2v) is 3.97. The smallest absolute Gasteiger partial charge is 0.121 e. The number of aliphatic hydroxyl groups excluding tert-OH is 1. The SMILES string of the molecule is CN(C)c1cccc(OCCC(N)CO)c1. The molecule has 0 amide bonds. The number of ether oxygens (including phenoxy) is 1. The number of benzene rings is 1. The average molecular weight is 224 g/mol. The first-order valence-electron chi connectivity index (χ1n) is 5.40. The fourth-order valence-electron chi connectivity index (χ4n) is 1.27. The maximum absolute atomic E-state index is 8.76. The number of hydrogen-bond acceptors (Lipinski definition) is 4. The van der Waals surface area contributed by atoms with Crippen LogP contribution in [0.2, 0.25) is 0 Å². The molecule has 1 rings (SSSR count). The molecule has 0 fully saturated rings. The predicted octanol–water partition coefficient (Wildman–Crippen LogP) is 0.841. The Kier molecular flexibility index (Phi) is 5.08. The van der Waals surface area contributed by atoms with Crippen LogP contribution in [0.15, 0.2) is 24.3 Å². The highest BCUT2D eigenvalue weighted by Crippen LogP contribution is 2.19. The van der Waals surface area contributed by atoms with Gasteiger partial charge in [-0.2, -0.15) is 0 Å². The van der Waals surface area contributed by atoms with Gasteiger partial charge in [0.25, 0.3) is 0 Å². The van der Waals surface area contributed by atoms with Crippen LogP contribution in [0.3, 0.4) is 0 Å². The topological polar surface area (TPSA) is 58.7 Å². The van der Waals surface area contributed by atoms with Crippen LogP contribution in [-0.4, -0.2) is 38.5 Å². The molecule has 0 spiro atoms. The second-order valence-electron chi connectivity index (χ2n) is 3.97. The minimum Gasteiger partial charge on any atom is -0.493 e. The van der Waals surface area contributed by atoms with Crippen molar-refractivity contribution in [3.05, 3.63) is 24.3 Å². The van der Waals surface area contributed by atoms with Crippen LogP contribution in [0.1, 0.15) is 6.42 Å². The first kappa shape index (κ1) is 12.8. The Morgan fingerprint density at radius 1 is 1.44 bits per heavy atom. The molecule has 0 aliphatic heterocycles. The van der Waals surface area contributed by atoms with Crippen molar-refractivity contribution in [2.45, 2.75) is 12.5 Å². The number of aliphatic hydroxyl groups is 1. The lowest BCUT2D eigenvalue weighted by Gasteiger charge is -2.14. The Morgan fingerprint density at radius 3 is 2.81 bits per heavy atom. The molecule has 0 radical (unpaired) electrons.